The first kappa shape index (κ1) is 10.9. The molecule has 0 unspecified atom stereocenters. The van der Waals surface area contributed by atoms with Crippen molar-refractivity contribution in [2.24, 2.45) is 0 Å². The van der Waals surface area contributed by atoms with Gasteiger partial charge in [0.05, 0.1) is 6.61 Å². The lowest BCUT2D eigenvalue weighted by atomic mass is 9.87. The van der Waals surface area contributed by atoms with Crippen molar-refractivity contribution in [3.8, 4) is 0 Å². The largest absolute Gasteiger partial charge is 0.463 e. The summed E-state index contributed by atoms with van der Waals surface area (Å²) in [6.07, 6.45) is 4.83. The Bertz CT molecular complexity index is 418. The summed E-state index contributed by atoms with van der Waals surface area (Å²) in [5, 5.41) is 0. The first-order valence-electron chi connectivity index (χ1n) is 5.77. The van der Waals surface area contributed by atoms with Crippen molar-refractivity contribution in [1.29, 1.82) is 0 Å². The van der Waals surface area contributed by atoms with Crippen molar-refractivity contribution < 1.29 is 9.53 Å². The first-order valence-corrected chi connectivity index (χ1v) is 5.77. The predicted octanol–water partition coefficient (Wildman–Crippen LogP) is 2.97. The summed E-state index contributed by atoms with van der Waals surface area (Å²) in [5.74, 6) is -0.228. The van der Waals surface area contributed by atoms with Gasteiger partial charge in [-0.2, -0.15) is 0 Å². The normalized spacial score (nSPS) is 16.9. The van der Waals surface area contributed by atoms with Crippen LogP contribution in [0.5, 0.6) is 0 Å². The van der Waals surface area contributed by atoms with Crippen LogP contribution in [0.25, 0.3) is 5.57 Å². The number of ether oxygens (including phenoxy) is 1. The van der Waals surface area contributed by atoms with Crippen molar-refractivity contribution in [2.75, 3.05) is 6.61 Å². The number of benzene rings is 1. The highest BCUT2D eigenvalue weighted by Gasteiger charge is 2.14. The Labute approximate surface area is 95.9 Å². The van der Waals surface area contributed by atoms with Crippen LogP contribution in [0.3, 0.4) is 0 Å². The third-order valence-corrected chi connectivity index (χ3v) is 2.83. The van der Waals surface area contributed by atoms with Gasteiger partial charge >= 0.3 is 5.97 Å². The molecule has 84 valence electrons. The molecule has 0 radical (unpaired) electrons. The van der Waals surface area contributed by atoms with Crippen molar-refractivity contribution in [3.05, 3.63) is 41.5 Å². The van der Waals surface area contributed by atoms with Gasteiger partial charge in [-0.1, -0.05) is 24.3 Å². The third-order valence-electron chi connectivity index (χ3n) is 2.83. The van der Waals surface area contributed by atoms with E-state index in [1.165, 1.54) is 11.1 Å². The van der Waals surface area contributed by atoms with E-state index in [1.54, 1.807) is 6.08 Å². The zero-order valence-corrected chi connectivity index (χ0v) is 9.53. The van der Waals surface area contributed by atoms with Crippen LogP contribution in [0, 0.1) is 0 Å². The highest BCUT2D eigenvalue weighted by molar-refractivity contribution is 5.92. The summed E-state index contributed by atoms with van der Waals surface area (Å²) >= 11 is 0. The molecule has 0 saturated heterocycles. The quantitative estimate of drug-likeness (QED) is 0.561. The fourth-order valence-electron chi connectivity index (χ4n) is 2.13. The molecule has 2 rings (SSSR count). The Kier molecular flexibility index (Phi) is 3.40. The van der Waals surface area contributed by atoms with Gasteiger partial charge in [0, 0.05) is 6.08 Å². The topological polar surface area (TPSA) is 26.3 Å². The number of allylic oxidation sites excluding steroid dienone is 1. The average Bonchev–Trinajstić information content (AvgIpc) is 2.30. The Morgan fingerprint density at radius 2 is 2.19 bits per heavy atom. The molecule has 0 bridgehead atoms. The molecule has 16 heavy (non-hydrogen) atoms. The highest BCUT2D eigenvalue weighted by Crippen LogP contribution is 2.30. The zero-order chi connectivity index (χ0) is 11.4. The minimum absolute atomic E-state index is 0.228. The number of hydrogen-bond donors (Lipinski definition) is 0. The number of rotatable bonds is 2. The van der Waals surface area contributed by atoms with Gasteiger partial charge in [-0.3, -0.25) is 0 Å². The summed E-state index contributed by atoms with van der Waals surface area (Å²) < 4.78 is 4.94. The van der Waals surface area contributed by atoms with Gasteiger partial charge in [0.1, 0.15) is 0 Å². The average molecular weight is 216 g/mol. The maximum atomic E-state index is 11.4. The second-order valence-electron chi connectivity index (χ2n) is 3.93. The van der Waals surface area contributed by atoms with E-state index in [-0.39, 0.29) is 5.97 Å². The molecule has 0 aliphatic heterocycles. The maximum Gasteiger partial charge on any atom is 0.331 e. The SMILES string of the molecule is CCOC(=O)C=C1CCCc2ccccc21. The smallest absolute Gasteiger partial charge is 0.331 e. The van der Waals surface area contributed by atoms with E-state index < -0.39 is 0 Å². The van der Waals surface area contributed by atoms with Gasteiger partial charge in [-0.25, -0.2) is 4.79 Å². The van der Waals surface area contributed by atoms with E-state index in [9.17, 15) is 4.79 Å². The van der Waals surface area contributed by atoms with Gasteiger partial charge in [-0.05, 0) is 42.9 Å². The summed E-state index contributed by atoms with van der Waals surface area (Å²) in [5.41, 5.74) is 3.66. The Morgan fingerprint density at radius 3 is 3.00 bits per heavy atom. The van der Waals surface area contributed by atoms with Crippen LogP contribution in [-0.2, 0) is 16.0 Å². The Hall–Kier alpha value is -1.57. The van der Waals surface area contributed by atoms with Gasteiger partial charge in [0.2, 0.25) is 0 Å². The predicted molar refractivity (Wildman–Crippen MR) is 64.0 cm³/mol. The molecule has 0 spiro atoms. The minimum atomic E-state index is -0.228. The molecule has 0 atom stereocenters. The van der Waals surface area contributed by atoms with E-state index in [1.807, 2.05) is 19.1 Å². The van der Waals surface area contributed by atoms with E-state index in [0.717, 1.165) is 24.8 Å². The molecule has 0 heterocycles. The molecule has 1 aliphatic rings. The molecular formula is C14H16O2. The maximum absolute atomic E-state index is 11.4. The van der Waals surface area contributed by atoms with Crippen LogP contribution >= 0.6 is 0 Å². The molecule has 0 N–H and O–H groups in total. The van der Waals surface area contributed by atoms with Gasteiger partial charge in [0.15, 0.2) is 0 Å². The minimum Gasteiger partial charge on any atom is -0.463 e. The van der Waals surface area contributed by atoms with Crippen LogP contribution < -0.4 is 0 Å². The monoisotopic (exact) mass is 216 g/mol. The lowest BCUT2D eigenvalue weighted by Gasteiger charge is -2.18. The summed E-state index contributed by atoms with van der Waals surface area (Å²) in [6.45, 7) is 2.26. The molecule has 1 aromatic carbocycles. The first-order chi connectivity index (χ1) is 7.81. The van der Waals surface area contributed by atoms with Crippen molar-refractivity contribution in [1.82, 2.24) is 0 Å². The van der Waals surface area contributed by atoms with Crippen molar-refractivity contribution in [3.63, 3.8) is 0 Å². The number of aryl methyl sites for hydroxylation is 1. The van der Waals surface area contributed by atoms with Crippen LogP contribution in [0.1, 0.15) is 30.9 Å². The van der Waals surface area contributed by atoms with E-state index in [2.05, 4.69) is 12.1 Å². The third kappa shape index (κ3) is 2.32. The second kappa shape index (κ2) is 4.97. The van der Waals surface area contributed by atoms with Gasteiger partial charge in [-0.15, -0.1) is 0 Å². The number of esters is 1. The fourth-order valence-corrected chi connectivity index (χ4v) is 2.13. The molecular weight excluding hydrogens is 200 g/mol. The summed E-state index contributed by atoms with van der Waals surface area (Å²) in [6, 6.07) is 8.28. The van der Waals surface area contributed by atoms with Crippen LogP contribution in [0.15, 0.2) is 30.3 Å². The van der Waals surface area contributed by atoms with Crippen LogP contribution in [0.4, 0.5) is 0 Å². The molecule has 0 fully saturated rings. The number of hydrogen-bond acceptors (Lipinski definition) is 2. The molecule has 0 amide bonds. The molecule has 2 heteroatoms. The standard InChI is InChI=1S/C14H16O2/c1-2-16-14(15)10-12-8-5-7-11-6-3-4-9-13(11)12/h3-4,6,9-10H,2,5,7-8H2,1H3. The Morgan fingerprint density at radius 1 is 1.38 bits per heavy atom. The lowest BCUT2D eigenvalue weighted by molar-refractivity contribution is -0.137. The van der Waals surface area contributed by atoms with Gasteiger partial charge < -0.3 is 4.74 Å². The van der Waals surface area contributed by atoms with Crippen molar-refractivity contribution >= 4 is 11.5 Å². The molecule has 0 aromatic heterocycles. The number of carbonyl (C=O) groups excluding carboxylic acids is 1. The molecule has 2 nitrogen and oxygen atoms in total. The summed E-state index contributed by atoms with van der Waals surface area (Å²) in [4.78, 5) is 11.4. The van der Waals surface area contributed by atoms with E-state index in [4.69, 9.17) is 4.74 Å². The molecule has 1 aromatic rings. The highest BCUT2D eigenvalue weighted by atomic mass is 16.5. The number of fused-ring (bicyclic) bond motifs is 1. The lowest BCUT2D eigenvalue weighted by Crippen LogP contribution is -2.05. The van der Waals surface area contributed by atoms with Gasteiger partial charge in [0.25, 0.3) is 0 Å². The van der Waals surface area contributed by atoms with E-state index in [0.29, 0.717) is 6.61 Å². The second-order valence-corrected chi connectivity index (χ2v) is 3.93. The molecule has 1 aliphatic carbocycles. The van der Waals surface area contributed by atoms with Crippen LogP contribution in [-0.4, -0.2) is 12.6 Å². The van der Waals surface area contributed by atoms with Crippen LogP contribution in [0.2, 0.25) is 0 Å². The zero-order valence-electron chi connectivity index (χ0n) is 9.53. The number of carbonyl (C=O) groups is 1. The van der Waals surface area contributed by atoms with Crippen molar-refractivity contribution in [2.45, 2.75) is 26.2 Å². The Balaban J connectivity index is 2.28. The summed E-state index contributed by atoms with van der Waals surface area (Å²) in [7, 11) is 0. The fraction of sp³-hybridized carbons (Fsp3) is 0.357. The van der Waals surface area contributed by atoms with E-state index >= 15 is 0 Å². The molecule has 0 saturated carbocycles.